The number of hydrogen-bond donors (Lipinski definition) is 2. The first-order valence-electron chi connectivity index (χ1n) is 6.36. The fourth-order valence-corrected chi connectivity index (χ4v) is 2.75. The number of rotatable bonds is 1. The summed E-state index contributed by atoms with van der Waals surface area (Å²) in [6, 6.07) is 15.4. The predicted molar refractivity (Wildman–Crippen MR) is 79.3 cm³/mol. The highest BCUT2D eigenvalue weighted by Crippen LogP contribution is 2.38. The van der Waals surface area contributed by atoms with Crippen LogP contribution in [0.15, 0.2) is 60.1 Å². The van der Waals surface area contributed by atoms with Gasteiger partial charge in [0.25, 0.3) is 0 Å². The molecule has 4 nitrogen and oxygen atoms in total. The Labute approximate surface area is 121 Å². The van der Waals surface area contributed by atoms with Crippen LogP contribution in [0.1, 0.15) is 5.56 Å². The molecular weight excluding hydrogens is 274 g/mol. The second-order valence-corrected chi connectivity index (χ2v) is 5.26. The summed E-state index contributed by atoms with van der Waals surface area (Å²) in [5, 5.41) is 14.7. The Hall–Kier alpha value is -2.17. The lowest BCUT2D eigenvalue weighted by molar-refractivity contribution is 0.386. The minimum Gasteiger partial charge on any atom is -0.492 e. The summed E-state index contributed by atoms with van der Waals surface area (Å²) in [6.07, 6.45) is 0.721. The standard InChI is InChI=1S/C15H12ClN3O/c16-11-5-7-12(8-6-11)18-15(20)14-9-10-3-1-2-4-13(10)19(14)17-18/h1-8,17,20H,9H2. The van der Waals surface area contributed by atoms with Gasteiger partial charge in [0.2, 0.25) is 5.88 Å². The summed E-state index contributed by atoms with van der Waals surface area (Å²) in [4.78, 5) is 0. The van der Waals surface area contributed by atoms with Gasteiger partial charge in [-0.25, -0.2) is 5.01 Å². The summed E-state index contributed by atoms with van der Waals surface area (Å²) >= 11 is 5.89. The first-order valence-corrected chi connectivity index (χ1v) is 6.74. The lowest BCUT2D eigenvalue weighted by atomic mass is 10.1. The van der Waals surface area contributed by atoms with E-state index in [1.807, 2.05) is 35.3 Å². The van der Waals surface area contributed by atoms with Crippen LogP contribution in [0.25, 0.3) is 0 Å². The van der Waals surface area contributed by atoms with Gasteiger partial charge in [-0.15, -0.1) is 5.53 Å². The number of nitrogens with one attached hydrogen (secondary N) is 1. The Morgan fingerprint density at radius 3 is 2.55 bits per heavy atom. The fourth-order valence-electron chi connectivity index (χ4n) is 2.62. The third-order valence-electron chi connectivity index (χ3n) is 3.62. The van der Waals surface area contributed by atoms with Crippen molar-refractivity contribution in [3.8, 4) is 0 Å². The Morgan fingerprint density at radius 1 is 1.00 bits per heavy atom. The summed E-state index contributed by atoms with van der Waals surface area (Å²) < 4.78 is 0. The molecule has 2 heterocycles. The van der Waals surface area contributed by atoms with Gasteiger partial charge < -0.3 is 5.11 Å². The number of aliphatic hydroxyl groups is 1. The SMILES string of the molecule is OC1=C2Cc3ccccc3N2NN1c1ccc(Cl)cc1. The lowest BCUT2D eigenvalue weighted by Crippen LogP contribution is -2.40. The van der Waals surface area contributed by atoms with Gasteiger partial charge in [-0.3, -0.25) is 5.01 Å². The van der Waals surface area contributed by atoms with Gasteiger partial charge in [-0.2, -0.15) is 0 Å². The molecule has 0 aromatic heterocycles. The molecule has 0 aliphatic carbocycles. The zero-order valence-electron chi connectivity index (χ0n) is 10.5. The van der Waals surface area contributed by atoms with Crippen LogP contribution in [-0.4, -0.2) is 5.11 Å². The number of hydrazine groups is 2. The van der Waals surface area contributed by atoms with E-state index in [0.717, 1.165) is 23.5 Å². The van der Waals surface area contributed by atoms with Crippen LogP contribution >= 0.6 is 11.6 Å². The van der Waals surface area contributed by atoms with Crippen LogP contribution < -0.4 is 15.6 Å². The first-order chi connectivity index (χ1) is 9.74. The van der Waals surface area contributed by atoms with E-state index >= 15 is 0 Å². The van der Waals surface area contributed by atoms with E-state index in [0.29, 0.717) is 5.02 Å². The largest absolute Gasteiger partial charge is 0.492 e. The maximum absolute atomic E-state index is 10.4. The van der Waals surface area contributed by atoms with Crippen molar-refractivity contribution in [3.05, 3.63) is 70.7 Å². The Kier molecular flexibility index (Phi) is 2.42. The number of anilines is 2. The molecule has 5 heteroatoms. The zero-order chi connectivity index (χ0) is 13.7. The molecule has 2 aliphatic rings. The van der Waals surface area contributed by atoms with E-state index in [4.69, 9.17) is 11.6 Å². The molecule has 0 amide bonds. The first kappa shape index (κ1) is 11.6. The van der Waals surface area contributed by atoms with E-state index < -0.39 is 0 Å². The summed E-state index contributed by atoms with van der Waals surface area (Å²) in [6.45, 7) is 0. The van der Waals surface area contributed by atoms with Crippen molar-refractivity contribution in [1.82, 2.24) is 5.53 Å². The summed E-state index contributed by atoms with van der Waals surface area (Å²) in [5.41, 5.74) is 7.18. The number of para-hydroxylation sites is 1. The van der Waals surface area contributed by atoms with Gasteiger partial charge in [0.15, 0.2) is 0 Å². The summed E-state index contributed by atoms with van der Waals surface area (Å²) in [5.74, 6) is 0.225. The molecule has 0 saturated heterocycles. The molecule has 20 heavy (non-hydrogen) atoms. The molecule has 4 rings (SSSR count). The van der Waals surface area contributed by atoms with Crippen molar-refractivity contribution in [1.29, 1.82) is 0 Å². The van der Waals surface area contributed by atoms with Gasteiger partial charge in [-0.1, -0.05) is 29.8 Å². The highest BCUT2D eigenvalue weighted by molar-refractivity contribution is 6.30. The molecule has 0 spiro atoms. The topological polar surface area (TPSA) is 38.7 Å². The van der Waals surface area contributed by atoms with Gasteiger partial charge >= 0.3 is 0 Å². The molecule has 0 radical (unpaired) electrons. The quantitative estimate of drug-likeness (QED) is 0.843. The predicted octanol–water partition coefficient (Wildman–Crippen LogP) is 3.37. The maximum atomic E-state index is 10.4. The third kappa shape index (κ3) is 1.59. The second kappa shape index (κ2) is 4.16. The van der Waals surface area contributed by atoms with Crippen molar-refractivity contribution < 1.29 is 5.11 Å². The molecule has 2 aromatic rings. The third-order valence-corrected chi connectivity index (χ3v) is 3.87. The van der Waals surface area contributed by atoms with Crippen molar-refractivity contribution >= 4 is 23.0 Å². The molecule has 0 saturated carbocycles. The number of fused-ring (bicyclic) bond motifs is 3. The van der Waals surface area contributed by atoms with Gasteiger partial charge in [0, 0.05) is 11.4 Å². The van der Waals surface area contributed by atoms with Gasteiger partial charge in [0.1, 0.15) is 5.70 Å². The molecule has 2 aliphatic heterocycles. The van der Waals surface area contributed by atoms with Gasteiger partial charge in [0.05, 0.1) is 11.4 Å². The van der Waals surface area contributed by atoms with Crippen molar-refractivity contribution in [3.63, 3.8) is 0 Å². The maximum Gasteiger partial charge on any atom is 0.230 e. The van der Waals surface area contributed by atoms with Crippen LogP contribution in [0.4, 0.5) is 11.4 Å². The van der Waals surface area contributed by atoms with E-state index in [-0.39, 0.29) is 5.88 Å². The average Bonchev–Trinajstić information content (AvgIpc) is 2.98. The van der Waals surface area contributed by atoms with Crippen LogP contribution in [-0.2, 0) is 6.42 Å². The van der Waals surface area contributed by atoms with Gasteiger partial charge in [-0.05, 0) is 35.9 Å². The zero-order valence-corrected chi connectivity index (χ0v) is 11.3. The molecule has 0 atom stereocenters. The van der Waals surface area contributed by atoms with Crippen molar-refractivity contribution in [2.45, 2.75) is 6.42 Å². The molecule has 0 unspecified atom stereocenters. The smallest absolute Gasteiger partial charge is 0.230 e. The number of nitrogens with zero attached hydrogens (tertiary/aromatic N) is 2. The highest BCUT2D eigenvalue weighted by atomic mass is 35.5. The number of hydrogen-bond acceptors (Lipinski definition) is 4. The van der Waals surface area contributed by atoms with Crippen LogP contribution in [0.5, 0.6) is 0 Å². The highest BCUT2D eigenvalue weighted by Gasteiger charge is 2.36. The van der Waals surface area contributed by atoms with Crippen LogP contribution in [0, 0.1) is 0 Å². The second-order valence-electron chi connectivity index (χ2n) is 4.82. The fraction of sp³-hybridized carbons (Fsp3) is 0.0667. The number of benzene rings is 2. The number of aliphatic hydroxyl groups excluding tert-OH is 1. The minimum atomic E-state index is 0.225. The average molecular weight is 286 g/mol. The molecule has 0 fully saturated rings. The van der Waals surface area contributed by atoms with E-state index in [1.165, 1.54) is 5.56 Å². The Balaban J connectivity index is 1.73. The molecular formula is C15H12ClN3O. The van der Waals surface area contributed by atoms with E-state index in [2.05, 4.69) is 11.6 Å². The molecule has 2 N–H and O–H groups in total. The number of allylic oxidation sites excluding steroid dienone is 1. The van der Waals surface area contributed by atoms with E-state index in [1.54, 1.807) is 17.1 Å². The Bertz CT molecular complexity index is 711. The monoisotopic (exact) mass is 285 g/mol. The van der Waals surface area contributed by atoms with E-state index in [9.17, 15) is 5.11 Å². The lowest BCUT2D eigenvalue weighted by Gasteiger charge is -2.22. The molecule has 0 bridgehead atoms. The van der Waals surface area contributed by atoms with Crippen molar-refractivity contribution in [2.75, 3.05) is 10.0 Å². The summed E-state index contributed by atoms with van der Waals surface area (Å²) in [7, 11) is 0. The minimum absolute atomic E-state index is 0.225. The van der Waals surface area contributed by atoms with Crippen LogP contribution in [0.3, 0.4) is 0 Å². The van der Waals surface area contributed by atoms with Crippen LogP contribution in [0.2, 0.25) is 5.02 Å². The molecule has 2 aromatic carbocycles. The normalized spacial score (nSPS) is 16.6. The number of halogens is 1. The Morgan fingerprint density at radius 2 is 1.75 bits per heavy atom. The molecule has 100 valence electrons. The van der Waals surface area contributed by atoms with Crippen molar-refractivity contribution in [2.24, 2.45) is 0 Å².